The highest BCUT2D eigenvalue weighted by Gasteiger charge is 2.10. The van der Waals surface area contributed by atoms with E-state index in [1.54, 1.807) is 0 Å². The summed E-state index contributed by atoms with van der Waals surface area (Å²) in [6.45, 7) is 0. The van der Waals surface area contributed by atoms with Gasteiger partial charge in [0.2, 0.25) is 0 Å². The molecule has 0 aliphatic carbocycles. The Morgan fingerprint density at radius 1 is 0.913 bits per heavy atom. The van der Waals surface area contributed by atoms with Crippen molar-refractivity contribution in [1.82, 2.24) is 14.8 Å². The minimum absolute atomic E-state index is 0.0962. The predicted octanol–water partition coefficient (Wildman–Crippen LogP) is 4.14. The summed E-state index contributed by atoms with van der Waals surface area (Å²) in [6, 6.07) is 21.1. The molecule has 4 nitrogen and oxygen atoms in total. The molecule has 0 fully saturated rings. The Bertz CT molecular complexity index is 1030. The van der Waals surface area contributed by atoms with E-state index in [4.69, 9.17) is 0 Å². The molecule has 2 aromatic heterocycles. The van der Waals surface area contributed by atoms with E-state index in [0.717, 1.165) is 21.4 Å². The van der Waals surface area contributed by atoms with Crippen molar-refractivity contribution in [3.05, 3.63) is 81.6 Å². The van der Waals surface area contributed by atoms with Crippen LogP contribution >= 0.6 is 15.9 Å². The summed E-state index contributed by atoms with van der Waals surface area (Å²) in [5, 5.41) is 3.66. The Labute approximate surface area is 140 Å². The number of nitrogens with one attached hydrogen (secondary N) is 1. The van der Waals surface area contributed by atoms with Gasteiger partial charge in [0, 0.05) is 10.0 Å². The third-order valence-electron chi connectivity index (χ3n) is 3.70. The number of H-pyrrole nitrogens is 1. The molecule has 0 unspecified atom stereocenters. The number of benzene rings is 2. The monoisotopic (exact) mass is 365 g/mol. The highest BCUT2D eigenvalue weighted by Crippen LogP contribution is 2.21. The Hall–Kier alpha value is -2.66. The Morgan fingerprint density at radius 3 is 2.39 bits per heavy atom. The molecule has 0 bridgehead atoms. The number of hydrogen-bond acceptors (Lipinski definition) is 2. The van der Waals surface area contributed by atoms with Crippen molar-refractivity contribution in [1.29, 1.82) is 0 Å². The van der Waals surface area contributed by atoms with Crippen LogP contribution in [0.5, 0.6) is 0 Å². The third-order valence-corrected chi connectivity index (χ3v) is 4.23. The van der Waals surface area contributed by atoms with Crippen LogP contribution in [0, 0.1) is 0 Å². The van der Waals surface area contributed by atoms with Gasteiger partial charge in [-0.15, -0.1) is 0 Å². The molecule has 4 rings (SSSR count). The highest BCUT2D eigenvalue weighted by molar-refractivity contribution is 9.10. The van der Waals surface area contributed by atoms with Crippen molar-refractivity contribution in [2.24, 2.45) is 0 Å². The summed E-state index contributed by atoms with van der Waals surface area (Å²) in [5.41, 5.74) is 3.11. The largest absolute Gasteiger partial charge is 0.280 e. The number of fused-ring (bicyclic) bond motifs is 1. The van der Waals surface area contributed by atoms with Gasteiger partial charge in [-0.05, 0) is 36.4 Å². The summed E-state index contributed by atoms with van der Waals surface area (Å²) in [4.78, 5) is 17.1. The first kappa shape index (κ1) is 14.0. The molecule has 0 aliphatic heterocycles. The van der Waals surface area contributed by atoms with Gasteiger partial charge in [-0.25, -0.2) is 9.67 Å². The molecule has 112 valence electrons. The minimum atomic E-state index is -0.0962. The molecular weight excluding hydrogens is 354 g/mol. The van der Waals surface area contributed by atoms with E-state index >= 15 is 0 Å². The smallest absolute Gasteiger partial charge is 0.274 e. The number of aromatic amines is 1. The standard InChI is InChI=1S/C18H12BrN3O/c19-13-8-6-12(7-9-13)16-11-10-15-17(20-16)21-22(18(15)23)14-4-2-1-3-5-14/h1-11H,(H,20,21). The molecule has 0 amide bonds. The second-order valence-corrected chi connectivity index (χ2v) is 6.10. The maximum atomic E-state index is 12.5. The second kappa shape index (κ2) is 5.52. The van der Waals surface area contributed by atoms with Crippen LogP contribution in [0.1, 0.15) is 0 Å². The zero-order valence-corrected chi connectivity index (χ0v) is 13.6. The lowest BCUT2D eigenvalue weighted by Crippen LogP contribution is -2.13. The van der Waals surface area contributed by atoms with Gasteiger partial charge in [0.1, 0.15) is 0 Å². The van der Waals surface area contributed by atoms with Crippen molar-refractivity contribution in [2.75, 3.05) is 0 Å². The van der Waals surface area contributed by atoms with E-state index in [9.17, 15) is 4.79 Å². The summed E-state index contributed by atoms with van der Waals surface area (Å²) in [6.07, 6.45) is 0. The van der Waals surface area contributed by atoms with Gasteiger partial charge >= 0.3 is 0 Å². The van der Waals surface area contributed by atoms with E-state index in [1.165, 1.54) is 4.68 Å². The number of nitrogens with zero attached hydrogens (tertiary/aromatic N) is 2. The zero-order valence-electron chi connectivity index (χ0n) is 12.0. The molecule has 23 heavy (non-hydrogen) atoms. The molecule has 0 saturated heterocycles. The molecular formula is C18H12BrN3O. The Morgan fingerprint density at radius 2 is 1.65 bits per heavy atom. The number of para-hydroxylation sites is 1. The van der Waals surface area contributed by atoms with Gasteiger partial charge in [0.15, 0.2) is 5.65 Å². The molecule has 0 saturated carbocycles. The fourth-order valence-electron chi connectivity index (χ4n) is 2.53. The molecule has 5 heteroatoms. The van der Waals surface area contributed by atoms with Crippen LogP contribution in [0.2, 0.25) is 0 Å². The van der Waals surface area contributed by atoms with Crippen LogP contribution in [0.3, 0.4) is 0 Å². The van der Waals surface area contributed by atoms with Gasteiger partial charge < -0.3 is 0 Å². The average molecular weight is 366 g/mol. The van der Waals surface area contributed by atoms with E-state index in [0.29, 0.717) is 11.0 Å². The lowest BCUT2D eigenvalue weighted by molar-refractivity contribution is 0.859. The van der Waals surface area contributed by atoms with Crippen LogP contribution in [0.4, 0.5) is 0 Å². The Balaban J connectivity index is 1.87. The lowest BCUT2D eigenvalue weighted by Gasteiger charge is -2.01. The van der Waals surface area contributed by atoms with E-state index in [-0.39, 0.29) is 5.56 Å². The van der Waals surface area contributed by atoms with E-state index < -0.39 is 0 Å². The number of halogens is 1. The number of rotatable bonds is 2. The number of pyridine rings is 1. The highest BCUT2D eigenvalue weighted by atomic mass is 79.9. The summed E-state index contributed by atoms with van der Waals surface area (Å²) in [5.74, 6) is 0. The van der Waals surface area contributed by atoms with Gasteiger partial charge in [-0.3, -0.25) is 9.89 Å². The molecule has 0 spiro atoms. The first-order chi connectivity index (χ1) is 11.2. The minimum Gasteiger partial charge on any atom is -0.274 e. The zero-order chi connectivity index (χ0) is 15.8. The number of hydrogen-bond donors (Lipinski definition) is 1. The fraction of sp³-hybridized carbons (Fsp3) is 0. The molecule has 2 aromatic carbocycles. The summed E-state index contributed by atoms with van der Waals surface area (Å²) in [7, 11) is 0. The second-order valence-electron chi connectivity index (χ2n) is 5.19. The maximum Gasteiger partial charge on any atom is 0.280 e. The molecule has 1 N–H and O–H groups in total. The molecule has 0 aliphatic rings. The number of aromatic nitrogens is 3. The fourth-order valence-corrected chi connectivity index (χ4v) is 2.80. The van der Waals surface area contributed by atoms with E-state index in [2.05, 4.69) is 26.0 Å². The van der Waals surface area contributed by atoms with Crippen molar-refractivity contribution in [2.45, 2.75) is 0 Å². The van der Waals surface area contributed by atoms with Crippen molar-refractivity contribution >= 4 is 27.0 Å². The van der Waals surface area contributed by atoms with Crippen molar-refractivity contribution in [3.63, 3.8) is 0 Å². The Kier molecular flexibility index (Phi) is 3.35. The van der Waals surface area contributed by atoms with Crippen LogP contribution in [0.25, 0.3) is 28.0 Å². The van der Waals surface area contributed by atoms with E-state index in [1.807, 2.05) is 66.7 Å². The van der Waals surface area contributed by atoms with Crippen LogP contribution < -0.4 is 5.56 Å². The predicted molar refractivity (Wildman–Crippen MR) is 94.8 cm³/mol. The summed E-state index contributed by atoms with van der Waals surface area (Å²) >= 11 is 3.43. The summed E-state index contributed by atoms with van der Waals surface area (Å²) < 4.78 is 2.54. The molecule has 0 radical (unpaired) electrons. The normalized spacial score (nSPS) is 11.0. The van der Waals surface area contributed by atoms with Crippen LogP contribution in [0.15, 0.2) is 76.0 Å². The van der Waals surface area contributed by atoms with Crippen molar-refractivity contribution < 1.29 is 0 Å². The van der Waals surface area contributed by atoms with Gasteiger partial charge in [-0.1, -0.05) is 46.3 Å². The van der Waals surface area contributed by atoms with Gasteiger partial charge in [-0.2, -0.15) is 0 Å². The van der Waals surface area contributed by atoms with Crippen LogP contribution in [-0.2, 0) is 0 Å². The first-order valence-corrected chi connectivity index (χ1v) is 7.95. The quantitative estimate of drug-likeness (QED) is 0.580. The first-order valence-electron chi connectivity index (χ1n) is 7.15. The SMILES string of the molecule is O=c1c2ccc(-c3ccc(Br)cc3)nc2[nH]n1-c1ccccc1. The topological polar surface area (TPSA) is 50.7 Å². The van der Waals surface area contributed by atoms with Gasteiger partial charge in [0.25, 0.3) is 5.56 Å². The van der Waals surface area contributed by atoms with Gasteiger partial charge in [0.05, 0.1) is 16.8 Å². The van der Waals surface area contributed by atoms with Crippen LogP contribution in [-0.4, -0.2) is 14.8 Å². The molecule has 2 heterocycles. The lowest BCUT2D eigenvalue weighted by atomic mass is 10.1. The average Bonchev–Trinajstić information content (AvgIpc) is 2.93. The molecule has 0 atom stereocenters. The maximum absolute atomic E-state index is 12.5. The van der Waals surface area contributed by atoms with Crippen molar-refractivity contribution in [3.8, 4) is 16.9 Å². The molecule has 4 aromatic rings. The third kappa shape index (κ3) is 2.49.